The highest BCUT2D eigenvalue weighted by Gasteiger charge is 2.26. The molecule has 1 saturated heterocycles. The number of nitriles is 1. The van der Waals surface area contributed by atoms with E-state index in [1.807, 2.05) is 19.1 Å². The van der Waals surface area contributed by atoms with E-state index >= 15 is 0 Å². The Kier molecular flexibility index (Phi) is 3.57. The fraction of sp³-hybridized carbons (Fsp3) is 0.429. The van der Waals surface area contributed by atoms with Crippen molar-refractivity contribution in [3.05, 3.63) is 23.2 Å². The van der Waals surface area contributed by atoms with Gasteiger partial charge in [0.25, 0.3) is 0 Å². The fourth-order valence-corrected chi connectivity index (χ4v) is 3.47. The van der Waals surface area contributed by atoms with Crippen molar-refractivity contribution < 1.29 is 9.84 Å². The van der Waals surface area contributed by atoms with E-state index < -0.39 is 0 Å². The predicted molar refractivity (Wildman–Crippen MR) is 78.0 cm³/mol. The van der Waals surface area contributed by atoms with Gasteiger partial charge in [-0.2, -0.15) is 5.26 Å². The van der Waals surface area contributed by atoms with Crippen LogP contribution in [0.25, 0.3) is 10.2 Å². The highest BCUT2D eigenvalue weighted by atomic mass is 32.1. The lowest BCUT2D eigenvalue weighted by molar-refractivity contribution is -0.0420. The molecule has 104 valence electrons. The van der Waals surface area contributed by atoms with Gasteiger partial charge in [-0.15, -0.1) is 11.3 Å². The first-order valence-corrected chi connectivity index (χ1v) is 7.38. The van der Waals surface area contributed by atoms with Gasteiger partial charge < -0.3 is 14.7 Å². The van der Waals surface area contributed by atoms with Crippen LogP contribution in [-0.2, 0) is 4.74 Å². The van der Waals surface area contributed by atoms with Crippen LogP contribution in [0, 0.1) is 11.3 Å². The normalized spacial score (nSPS) is 22.9. The van der Waals surface area contributed by atoms with Crippen LogP contribution in [0.15, 0.2) is 17.6 Å². The third-order valence-electron chi connectivity index (χ3n) is 3.45. The van der Waals surface area contributed by atoms with E-state index in [0.717, 1.165) is 22.4 Å². The third kappa shape index (κ3) is 2.24. The number of anilines is 1. The Balaban J connectivity index is 2.02. The minimum atomic E-state index is -0.169. The molecule has 0 radical (unpaired) electrons. The predicted octanol–water partition coefficient (Wildman–Crippen LogP) is 1.75. The molecule has 2 aromatic rings. The van der Waals surface area contributed by atoms with Gasteiger partial charge in [-0.25, -0.2) is 4.98 Å². The van der Waals surface area contributed by atoms with Gasteiger partial charge in [0.15, 0.2) is 0 Å². The zero-order valence-corrected chi connectivity index (χ0v) is 11.9. The molecule has 0 aliphatic carbocycles. The van der Waals surface area contributed by atoms with Gasteiger partial charge in [-0.1, -0.05) is 0 Å². The average molecular weight is 289 g/mol. The number of aromatic nitrogens is 1. The summed E-state index contributed by atoms with van der Waals surface area (Å²) >= 11 is 1.54. The largest absolute Gasteiger partial charge is 0.394 e. The monoisotopic (exact) mass is 289 g/mol. The van der Waals surface area contributed by atoms with E-state index in [9.17, 15) is 5.11 Å². The van der Waals surface area contributed by atoms with E-state index in [1.54, 1.807) is 5.51 Å². The number of aliphatic hydroxyl groups is 1. The lowest BCUT2D eigenvalue weighted by atomic mass is 10.1. The smallest absolute Gasteiger partial charge is 0.101 e. The SMILES string of the molecule is C[C@@H]1CN(c2ccc(C#N)c3ncsc23)C[C@H](CO)O1. The van der Waals surface area contributed by atoms with Gasteiger partial charge in [0.2, 0.25) is 0 Å². The standard InChI is InChI=1S/C14H15N3O2S/c1-9-5-17(6-11(7-18)19-9)12-3-2-10(4-15)13-14(12)20-8-16-13/h2-3,8-9,11,18H,5-7H2,1H3/t9-,11-/m1/s1. The summed E-state index contributed by atoms with van der Waals surface area (Å²) in [6, 6.07) is 5.95. The molecule has 6 heteroatoms. The van der Waals surface area contributed by atoms with Crippen LogP contribution in [-0.4, -0.2) is 42.0 Å². The first-order chi connectivity index (χ1) is 9.72. The van der Waals surface area contributed by atoms with Gasteiger partial charge in [0.1, 0.15) is 11.6 Å². The zero-order chi connectivity index (χ0) is 14.1. The van der Waals surface area contributed by atoms with Crippen molar-refractivity contribution in [2.24, 2.45) is 0 Å². The Morgan fingerprint density at radius 2 is 2.40 bits per heavy atom. The highest BCUT2D eigenvalue weighted by molar-refractivity contribution is 7.17. The second-order valence-corrected chi connectivity index (χ2v) is 5.79. The minimum Gasteiger partial charge on any atom is -0.394 e. The molecule has 0 bridgehead atoms. The first kappa shape index (κ1) is 13.3. The lowest BCUT2D eigenvalue weighted by Gasteiger charge is -2.37. The molecular weight excluding hydrogens is 274 g/mol. The quantitative estimate of drug-likeness (QED) is 0.912. The van der Waals surface area contributed by atoms with Crippen molar-refractivity contribution in [2.45, 2.75) is 19.1 Å². The number of rotatable bonds is 2. The van der Waals surface area contributed by atoms with Gasteiger partial charge in [0, 0.05) is 13.1 Å². The van der Waals surface area contributed by atoms with Crippen LogP contribution in [0.2, 0.25) is 0 Å². The second-order valence-electron chi connectivity index (χ2n) is 4.93. The molecule has 1 N–H and O–H groups in total. The van der Waals surface area contributed by atoms with Gasteiger partial charge in [-0.3, -0.25) is 0 Å². The molecule has 20 heavy (non-hydrogen) atoms. The molecule has 1 fully saturated rings. The number of aliphatic hydroxyl groups excluding tert-OH is 1. The molecule has 0 spiro atoms. The van der Waals surface area contributed by atoms with Crippen LogP contribution in [0.4, 0.5) is 5.69 Å². The Morgan fingerprint density at radius 1 is 1.55 bits per heavy atom. The summed E-state index contributed by atoms with van der Waals surface area (Å²) in [4.78, 5) is 6.50. The summed E-state index contributed by atoms with van der Waals surface area (Å²) in [5, 5.41) is 18.4. The minimum absolute atomic E-state index is 0.0168. The van der Waals surface area contributed by atoms with E-state index in [4.69, 9.17) is 10.00 Å². The van der Waals surface area contributed by atoms with Gasteiger partial charge >= 0.3 is 0 Å². The third-order valence-corrected chi connectivity index (χ3v) is 4.30. The molecule has 0 amide bonds. The maximum absolute atomic E-state index is 9.32. The maximum Gasteiger partial charge on any atom is 0.101 e. The molecule has 0 saturated carbocycles. The molecule has 0 unspecified atom stereocenters. The van der Waals surface area contributed by atoms with Crippen LogP contribution >= 0.6 is 11.3 Å². The zero-order valence-electron chi connectivity index (χ0n) is 11.1. The van der Waals surface area contributed by atoms with E-state index in [-0.39, 0.29) is 18.8 Å². The molecule has 1 aromatic heterocycles. The van der Waals surface area contributed by atoms with Crippen LogP contribution in [0.1, 0.15) is 12.5 Å². The van der Waals surface area contributed by atoms with E-state index in [1.165, 1.54) is 11.3 Å². The second kappa shape index (κ2) is 5.37. The fourth-order valence-electron chi connectivity index (χ4n) is 2.62. The van der Waals surface area contributed by atoms with Crippen LogP contribution < -0.4 is 4.90 Å². The van der Waals surface area contributed by atoms with Crippen molar-refractivity contribution in [3.63, 3.8) is 0 Å². The number of benzene rings is 1. The molecule has 1 aliphatic heterocycles. The summed E-state index contributed by atoms with van der Waals surface area (Å²) in [6.07, 6.45) is -0.100. The first-order valence-electron chi connectivity index (χ1n) is 6.50. The number of thiazole rings is 1. The maximum atomic E-state index is 9.32. The summed E-state index contributed by atoms with van der Waals surface area (Å²) < 4.78 is 6.69. The summed E-state index contributed by atoms with van der Waals surface area (Å²) in [5.41, 5.74) is 4.19. The van der Waals surface area contributed by atoms with Crippen molar-refractivity contribution in [2.75, 3.05) is 24.6 Å². The Bertz CT molecular complexity index is 664. The van der Waals surface area contributed by atoms with Crippen molar-refractivity contribution in [1.29, 1.82) is 5.26 Å². The Hall–Kier alpha value is -1.68. The van der Waals surface area contributed by atoms with Gasteiger partial charge in [-0.05, 0) is 19.1 Å². The van der Waals surface area contributed by atoms with Crippen molar-refractivity contribution in [1.82, 2.24) is 4.98 Å². The Labute approximate surface area is 121 Å². The van der Waals surface area contributed by atoms with Crippen LogP contribution in [0.3, 0.4) is 0 Å². The average Bonchev–Trinajstić information content (AvgIpc) is 2.94. The van der Waals surface area contributed by atoms with Crippen molar-refractivity contribution >= 4 is 27.2 Å². The van der Waals surface area contributed by atoms with E-state index in [0.29, 0.717) is 12.1 Å². The molecule has 1 aliphatic rings. The van der Waals surface area contributed by atoms with Crippen molar-refractivity contribution in [3.8, 4) is 6.07 Å². The number of hydrogen-bond acceptors (Lipinski definition) is 6. The highest BCUT2D eigenvalue weighted by Crippen LogP contribution is 2.33. The molecular formula is C14H15N3O2S. The molecule has 3 rings (SSSR count). The number of morpholine rings is 1. The molecule has 2 atom stereocenters. The molecule has 2 heterocycles. The Morgan fingerprint density at radius 3 is 3.15 bits per heavy atom. The number of hydrogen-bond donors (Lipinski definition) is 1. The topological polar surface area (TPSA) is 69.4 Å². The number of nitrogens with zero attached hydrogens (tertiary/aromatic N) is 3. The van der Waals surface area contributed by atoms with Crippen LogP contribution in [0.5, 0.6) is 0 Å². The summed E-state index contributed by atoms with van der Waals surface area (Å²) in [6.45, 7) is 3.44. The number of fused-ring (bicyclic) bond motifs is 1. The lowest BCUT2D eigenvalue weighted by Crippen LogP contribution is -2.48. The number of ether oxygens (including phenoxy) is 1. The van der Waals surface area contributed by atoms with Gasteiger partial charge in [0.05, 0.1) is 40.3 Å². The van der Waals surface area contributed by atoms with E-state index in [2.05, 4.69) is 16.0 Å². The summed E-state index contributed by atoms with van der Waals surface area (Å²) in [5.74, 6) is 0. The summed E-state index contributed by atoms with van der Waals surface area (Å²) in [7, 11) is 0. The molecule has 5 nitrogen and oxygen atoms in total. The molecule has 1 aromatic carbocycles.